The Morgan fingerprint density at radius 1 is 1.53 bits per heavy atom. The van der Waals surface area contributed by atoms with Gasteiger partial charge in [-0.3, -0.25) is 0 Å². The highest BCUT2D eigenvalue weighted by Gasteiger charge is 2.12. The van der Waals surface area contributed by atoms with Crippen LogP contribution in [0.3, 0.4) is 0 Å². The molecule has 19 heavy (non-hydrogen) atoms. The molecule has 1 aromatic rings. The van der Waals surface area contributed by atoms with E-state index >= 15 is 0 Å². The first kappa shape index (κ1) is 15.7. The number of rotatable bonds is 5. The van der Waals surface area contributed by atoms with Crippen molar-refractivity contribution in [2.24, 2.45) is 0 Å². The van der Waals surface area contributed by atoms with Crippen molar-refractivity contribution in [1.29, 1.82) is 0 Å². The number of allylic oxidation sites excluding steroid dienone is 3. The molecule has 0 bridgehead atoms. The van der Waals surface area contributed by atoms with Crippen molar-refractivity contribution in [3.05, 3.63) is 76.2 Å². The molecule has 2 heteroatoms. The second kappa shape index (κ2) is 7.93. The molecule has 0 aromatic heterocycles. The maximum atomic E-state index is 11.9. The zero-order valence-corrected chi connectivity index (χ0v) is 12.9. The van der Waals surface area contributed by atoms with E-state index in [9.17, 15) is 4.39 Å². The van der Waals surface area contributed by atoms with Crippen LogP contribution in [-0.4, -0.2) is 0 Å². The largest absolute Gasteiger partial charge is 0.216 e. The molecule has 0 nitrogen and oxygen atoms in total. The van der Waals surface area contributed by atoms with Crippen LogP contribution in [0.4, 0.5) is 4.39 Å². The van der Waals surface area contributed by atoms with Crippen molar-refractivity contribution in [2.75, 3.05) is 0 Å². The molecular formula is C17H18BrF. The fourth-order valence-corrected chi connectivity index (χ4v) is 2.42. The standard InChI is InChI=1S/C17H18BrF/c1-4-14(8-6-7-11-19)13(3)17-10-9-16(18)12-15(17)5-2/h4,6-7,9-13H,1,5H2,2-3H3/b11-7+. The van der Waals surface area contributed by atoms with Crippen molar-refractivity contribution >= 4 is 15.9 Å². The fourth-order valence-electron chi connectivity index (χ4n) is 2.01. The minimum atomic E-state index is 0.185. The molecular weight excluding hydrogens is 303 g/mol. The van der Waals surface area contributed by atoms with E-state index in [4.69, 9.17) is 0 Å². The van der Waals surface area contributed by atoms with Crippen molar-refractivity contribution in [2.45, 2.75) is 26.2 Å². The van der Waals surface area contributed by atoms with Gasteiger partial charge in [0.15, 0.2) is 0 Å². The third-order valence-corrected chi connectivity index (χ3v) is 3.55. The molecule has 1 atom stereocenters. The molecule has 1 aromatic carbocycles. The highest BCUT2D eigenvalue weighted by atomic mass is 79.9. The Balaban J connectivity index is 3.21. The van der Waals surface area contributed by atoms with Crippen LogP contribution < -0.4 is 0 Å². The van der Waals surface area contributed by atoms with Crippen molar-refractivity contribution < 1.29 is 4.39 Å². The monoisotopic (exact) mass is 320 g/mol. The van der Waals surface area contributed by atoms with E-state index in [0.29, 0.717) is 6.33 Å². The van der Waals surface area contributed by atoms with Crippen LogP contribution in [0.25, 0.3) is 0 Å². The Morgan fingerprint density at radius 3 is 2.84 bits per heavy atom. The molecule has 1 unspecified atom stereocenters. The van der Waals surface area contributed by atoms with Gasteiger partial charge in [-0.05, 0) is 41.8 Å². The summed E-state index contributed by atoms with van der Waals surface area (Å²) < 4.78 is 13.0. The maximum absolute atomic E-state index is 11.9. The molecule has 0 spiro atoms. The zero-order chi connectivity index (χ0) is 14.3. The van der Waals surface area contributed by atoms with E-state index in [2.05, 4.69) is 54.2 Å². The van der Waals surface area contributed by atoms with Crippen molar-refractivity contribution in [3.8, 4) is 0 Å². The van der Waals surface area contributed by atoms with E-state index in [1.165, 1.54) is 17.2 Å². The molecule has 0 saturated carbocycles. The summed E-state index contributed by atoms with van der Waals surface area (Å²) in [5, 5.41) is 0. The minimum absolute atomic E-state index is 0.185. The Labute approximate surface area is 123 Å². The number of halogens is 2. The minimum Gasteiger partial charge on any atom is -0.216 e. The molecule has 0 heterocycles. The van der Waals surface area contributed by atoms with Crippen molar-refractivity contribution in [1.82, 2.24) is 0 Å². The van der Waals surface area contributed by atoms with Gasteiger partial charge in [-0.25, -0.2) is 4.39 Å². The average Bonchev–Trinajstić information content (AvgIpc) is 2.43. The summed E-state index contributed by atoms with van der Waals surface area (Å²) >= 11 is 3.49. The third kappa shape index (κ3) is 4.34. The second-order valence-electron chi connectivity index (χ2n) is 4.21. The average molecular weight is 321 g/mol. The molecule has 0 amide bonds. The van der Waals surface area contributed by atoms with Gasteiger partial charge < -0.3 is 0 Å². The number of hydrogen-bond acceptors (Lipinski definition) is 0. The zero-order valence-electron chi connectivity index (χ0n) is 11.3. The summed E-state index contributed by atoms with van der Waals surface area (Å²) in [5.74, 6) is 0.185. The van der Waals surface area contributed by atoms with Gasteiger partial charge in [0.25, 0.3) is 0 Å². The highest BCUT2D eigenvalue weighted by molar-refractivity contribution is 9.10. The van der Waals surface area contributed by atoms with E-state index in [1.54, 1.807) is 12.2 Å². The lowest BCUT2D eigenvalue weighted by molar-refractivity contribution is 0.721. The van der Waals surface area contributed by atoms with Gasteiger partial charge in [0.05, 0.1) is 6.33 Å². The molecule has 0 saturated heterocycles. The first-order valence-electron chi connectivity index (χ1n) is 6.26. The predicted molar refractivity (Wildman–Crippen MR) is 84.0 cm³/mol. The molecule has 1 rings (SSSR count). The van der Waals surface area contributed by atoms with Gasteiger partial charge in [-0.2, -0.15) is 0 Å². The summed E-state index contributed by atoms with van der Waals surface area (Å²) in [4.78, 5) is 0. The van der Waals surface area contributed by atoms with Gasteiger partial charge >= 0.3 is 0 Å². The lowest BCUT2D eigenvalue weighted by Gasteiger charge is -2.16. The summed E-state index contributed by atoms with van der Waals surface area (Å²) in [6.07, 6.45) is 6.12. The molecule has 0 radical (unpaired) electrons. The van der Waals surface area contributed by atoms with Crippen LogP contribution in [0.2, 0.25) is 0 Å². The van der Waals surface area contributed by atoms with E-state index in [-0.39, 0.29) is 5.92 Å². The van der Waals surface area contributed by atoms with Gasteiger partial charge in [-0.15, -0.1) is 5.73 Å². The van der Waals surface area contributed by atoms with Gasteiger partial charge in [0.1, 0.15) is 0 Å². The Morgan fingerprint density at radius 2 is 2.26 bits per heavy atom. The maximum Gasteiger partial charge on any atom is 0.0873 e. The Kier molecular flexibility index (Phi) is 6.55. The lowest BCUT2D eigenvalue weighted by atomic mass is 9.89. The first-order valence-corrected chi connectivity index (χ1v) is 7.06. The molecule has 0 aliphatic heterocycles. The quantitative estimate of drug-likeness (QED) is 0.470. The molecule has 0 aliphatic carbocycles. The van der Waals surface area contributed by atoms with E-state index < -0.39 is 0 Å². The SMILES string of the molecule is C=CC(=C=C/C=C/F)C(C)c1ccc(Br)cc1CC. The van der Waals surface area contributed by atoms with E-state index in [1.807, 2.05) is 6.07 Å². The van der Waals surface area contributed by atoms with Crippen LogP contribution in [0.5, 0.6) is 0 Å². The first-order chi connectivity index (χ1) is 9.13. The fraction of sp³-hybridized carbons (Fsp3) is 0.235. The van der Waals surface area contributed by atoms with E-state index in [0.717, 1.165) is 16.5 Å². The topological polar surface area (TPSA) is 0 Å². The summed E-state index contributed by atoms with van der Waals surface area (Å²) in [6.45, 7) is 8.06. The molecule has 100 valence electrons. The smallest absolute Gasteiger partial charge is 0.0873 e. The molecule has 0 aliphatic rings. The Bertz CT molecular complexity index is 534. The molecule has 0 fully saturated rings. The third-order valence-electron chi connectivity index (χ3n) is 3.06. The summed E-state index contributed by atoms with van der Waals surface area (Å²) in [5.41, 5.74) is 6.57. The predicted octanol–water partition coefficient (Wildman–Crippen LogP) is 5.87. The Hall–Kier alpha value is -1.37. The van der Waals surface area contributed by atoms with Crippen LogP contribution in [0.1, 0.15) is 30.9 Å². The highest BCUT2D eigenvalue weighted by Crippen LogP contribution is 2.29. The summed E-state index contributed by atoms with van der Waals surface area (Å²) in [6, 6.07) is 6.29. The van der Waals surface area contributed by atoms with Gasteiger partial charge in [0.2, 0.25) is 0 Å². The lowest BCUT2D eigenvalue weighted by Crippen LogP contribution is -2.00. The van der Waals surface area contributed by atoms with Crippen LogP contribution in [0.15, 0.2) is 65.1 Å². The van der Waals surface area contributed by atoms with Crippen LogP contribution >= 0.6 is 15.9 Å². The number of aryl methyl sites for hydroxylation is 1. The van der Waals surface area contributed by atoms with Gasteiger partial charge in [0, 0.05) is 16.0 Å². The molecule has 0 N–H and O–H groups in total. The number of hydrogen-bond donors (Lipinski definition) is 0. The number of benzene rings is 1. The second-order valence-corrected chi connectivity index (χ2v) is 5.12. The summed E-state index contributed by atoms with van der Waals surface area (Å²) in [7, 11) is 0. The van der Waals surface area contributed by atoms with Crippen LogP contribution in [-0.2, 0) is 6.42 Å². The van der Waals surface area contributed by atoms with Crippen molar-refractivity contribution in [3.63, 3.8) is 0 Å². The van der Waals surface area contributed by atoms with Gasteiger partial charge in [-0.1, -0.05) is 48.5 Å². The van der Waals surface area contributed by atoms with Crippen LogP contribution in [0, 0.1) is 0 Å². The normalized spacial score (nSPS) is 12.0.